The molecule has 4 rings (SSSR count). The molecule has 10 heteroatoms. The van der Waals surface area contributed by atoms with E-state index in [0.717, 1.165) is 13.5 Å². The van der Waals surface area contributed by atoms with Crippen LogP contribution in [0.4, 0.5) is 23.7 Å². The Morgan fingerprint density at radius 1 is 1.17 bits per heavy atom. The van der Waals surface area contributed by atoms with Gasteiger partial charge >= 0.3 is 12.3 Å². The first-order chi connectivity index (χ1) is 16.9. The van der Waals surface area contributed by atoms with E-state index < -0.39 is 36.2 Å². The SMILES string of the molecule is CN(C(=O)[C@H]1CC[C@@H](NC(=O)O)C1)[C@@H](c1ccc(N[C@H]2Cc3ccccc3C2(C)C)cn1)C(F)(F)F. The molecule has 1 saturated carbocycles. The summed E-state index contributed by atoms with van der Waals surface area (Å²) >= 11 is 0. The number of hydrogen-bond donors (Lipinski definition) is 3. The summed E-state index contributed by atoms with van der Waals surface area (Å²) in [6, 6.07) is 8.49. The summed E-state index contributed by atoms with van der Waals surface area (Å²) in [6.07, 6.45) is -2.84. The number of benzene rings is 1. The molecule has 36 heavy (non-hydrogen) atoms. The Morgan fingerprint density at radius 2 is 1.89 bits per heavy atom. The van der Waals surface area contributed by atoms with Crippen LogP contribution in [-0.4, -0.2) is 52.3 Å². The average Bonchev–Trinajstić information content (AvgIpc) is 3.35. The van der Waals surface area contributed by atoms with Crippen LogP contribution in [0.3, 0.4) is 0 Å². The molecule has 7 nitrogen and oxygen atoms in total. The highest BCUT2D eigenvalue weighted by molar-refractivity contribution is 5.79. The molecule has 4 atom stereocenters. The van der Waals surface area contributed by atoms with Gasteiger partial charge in [-0.1, -0.05) is 38.1 Å². The summed E-state index contributed by atoms with van der Waals surface area (Å²) < 4.78 is 42.3. The molecule has 3 N–H and O–H groups in total. The lowest BCUT2D eigenvalue weighted by molar-refractivity contribution is -0.191. The van der Waals surface area contributed by atoms with Gasteiger partial charge in [0, 0.05) is 30.5 Å². The van der Waals surface area contributed by atoms with Gasteiger partial charge in [0.2, 0.25) is 5.91 Å². The van der Waals surface area contributed by atoms with Crippen LogP contribution in [0, 0.1) is 5.92 Å². The van der Waals surface area contributed by atoms with Gasteiger partial charge in [-0.15, -0.1) is 0 Å². The first-order valence-electron chi connectivity index (χ1n) is 12.0. The Kier molecular flexibility index (Phi) is 6.90. The zero-order valence-electron chi connectivity index (χ0n) is 20.5. The maximum atomic E-state index is 14.1. The lowest BCUT2D eigenvalue weighted by atomic mass is 9.83. The molecule has 1 heterocycles. The number of nitrogens with one attached hydrogen (secondary N) is 2. The van der Waals surface area contributed by atoms with Crippen molar-refractivity contribution in [1.82, 2.24) is 15.2 Å². The van der Waals surface area contributed by atoms with E-state index >= 15 is 0 Å². The molecule has 2 aromatic rings. The molecule has 1 aromatic carbocycles. The number of fused-ring (bicyclic) bond motifs is 1. The van der Waals surface area contributed by atoms with E-state index in [2.05, 4.69) is 41.6 Å². The van der Waals surface area contributed by atoms with E-state index in [1.54, 1.807) is 6.07 Å². The summed E-state index contributed by atoms with van der Waals surface area (Å²) in [6.45, 7) is 4.27. The summed E-state index contributed by atoms with van der Waals surface area (Å²) in [5.74, 6) is -1.34. The molecule has 0 radical (unpaired) electrons. The molecule has 0 saturated heterocycles. The Balaban J connectivity index is 1.48. The minimum Gasteiger partial charge on any atom is -0.465 e. The smallest absolute Gasteiger partial charge is 0.414 e. The van der Waals surface area contributed by atoms with Gasteiger partial charge in [-0.05, 0) is 48.9 Å². The molecule has 0 aliphatic heterocycles. The van der Waals surface area contributed by atoms with E-state index in [9.17, 15) is 22.8 Å². The number of aromatic nitrogens is 1. The van der Waals surface area contributed by atoms with Crippen molar-refractivity contribution < 1.29 is 27.9 Å². The number of rotatable bonds is 6. The molecular weight excluding hydrogens is 473 g/mol. The molecule has 1 fully saturated rings. The number of carboxylic acid groups (broad SMARTS) is 1. The summed E-state index contributed by atoms with van der Waals surface area (Å²) in [5.41, 5.74) is 2.67. The maximum Gasteiger partial charge on any atom is 0.414 e. The summed E-state index contributed by atoms with van der Waals surface area (Å²) in [5, 5.41) is 14.6. The Morgan fingerprint density at radius 3 is 2.50 bits per heavy atom. The van der Waals surface area contributed by atoms with Crippen molar-refractivity contribution in [3.05, 3.63) is 59.4 Å². The molecule has 194 valence electrons. The van der Waals surface area contributed by atoms with Crippen molar-refractivity contribution in [2.45, 2.75) is 69.2 Å². The number of pyridine rings is 1. The monoisotopic (exact) mass is 504 g/mol. The van der Waals surface area contributed by atoms with Crippen LogP contribution in [-0.2, 0) is 16.6 Å². The van der Waals surface area contributed by atoms with Gasteiger partial charge in [0.25, 0.3) is 0 Å². The molecule has 2 aliphatic carbocycles. The van der Waals surface area contributed by atoms with Crippen LogP contribution in [0.25, 0.3) is 0 Å². The van der Waals surface area contributed by atoms with Crippen LogP contribution in [0.1, 0.15) is 56.0 Å². The van der Waals surface area contributed by atoms with Crippen LogP contribution < -0.4 is 10.6 Å². The molecule has 0 unspecified atom stereocenters. The van der Waals surface area contributed by atoms with Crippen LogP contribution in [0.15, 0.2) is 42.6 Å². The first-order valence-corrected chi connectivity index (χ1v) is 12.0. The van der Waals surface area contributed by atoms with E-state index in [0.29, 0.717) is 23.4 Å². The number of amides is 2. The second-order valence-corrected chi connectivity index (χ2v) is 10.3. The lowest BCUT2D eigenvalue weighted by Gasteiger charge is -2.32. The number of hydrogen-bond acceptors (Lipinski definition) is 4. The van der Waals surface area contributed by atoms with E-state index in [4.69, 9.17) is 5.11 Å². The topological polar surface area (TPSA) is 94.6 Å². The second-order valence-electron chi connectivity index (χ2n) is 10.3. The van der Waals surface area contributed by atoms with E-state index in [1.807, 2.05) is 12.1 Å². The largest absolute Gasteiger partial charge is 0.465 e. The fourth-order valence-corrected chi connectivity index (χ4v) is 5.59. The van der Waals surface area contributed by atoms with Crippen LogP contribution in [0.5, 0.6) is 0 Å². The third kappa shape index (κ3) is 5.12. The Bertz CT molecular complexity index is 1120. The predicted molar refractivity (Wildman–Crippen MR) is 129 cm³/mol. The molecule has 1 aromatic heterocycles. The van der Waals surface area contributed by atoms with Crippen molar-refractivity contribution >= 4 is 17.7 Å². The van der Waals surface area contributed by atoms with Crippen molar-refractivity contribution in [3.63, 3.8) is 0 Å². The number of halogens is 3. The number of nitrogens with zero attached hydrogens (tertiary/aromatic N) is 2. The third-order valence-electron chi connectivity index (χ3n) is 7.57. The van der Waals surface area contributed by atoms with E-state index in [1.165, 1.54) is 23.4 Å². The number of carbonyl (C=O) groups is 2. The fraction of sp³-hybridized carbons (Fsp3) is 0.500. The van der Waals surface area contributed by atoms with E-state index in [-0.39, 0.29) is 23.6 Å². The normalized spacial score (nSPS) is 23.6. The molecule has 0 bridgehead atoms. The lowest BCUT2D eigenvalue weighted by Crippen LogP contribution is -2.43. The molecule has 2 amide bonds. The fourth-order valence-electron chi connectivity index (χ4n) is 5.59. The highest BCUT2D eigenvalue weighted by Crippen LogP contribution is 2.41. The van der Waals surface area contributed by atoms with Gasteiger partial charge in [0.15, 0.2) is 6.04 Å². The van der Waals surface area contributed by atoms with Gasteiger partial charge in [0.05, 0.1) is 17.6 Å². The number of alkyl halides is 3. The number of carbonyl (C=O) groups excluding carboxylic acids is 1. The summed E-state index contributed by atoms with van der Waals surface area (Å²) in [4.78, 5) is 28.6. The molecule has 2 aliphatic rings. The van der Waals surface area contributed by atoms with Gasteiger partial charge in [-0.25, -0.2) is 4.79 Å². The maximum absolute atomic E-state index is 14.1. The second kappa shape index (κ2) is 9.63. The third-order valence-corrected chi connectivity index (χ3v) is 7.57. The summed E-state index contributed by atoms with van der Waals surface area (Å²) in [7, 11) is 1.13. The van der Waals surface area contributed by atoms with Gasteiger partial charge < -0.3 is 20.6 Å². The van der Waals surface area contributed by atoms with Gasteiger partial charge in [-0.2, -0.15) is 13.2 Å². The first kappa shape index (κ1) is 25.8. The van der Waals surface area contributed by atoms with Crippen molar-refractivity contribution in [3.8, 4) is 0 Å². The van der Waals surface area contributed by atoms with Crippen molar-refractivity contribution in [2.75, 3.05) is 12.4 Å². The predicted octanol–water partition coefficient (Wildman–Crippen LogP) is 4.89. The Hall–Kier alpha value is -3.30. The quantitative estimate of drug-likeness (QED) is 0.521. The van der Waals surface area contributed by atoms with Crippen molar-refractivity contribution in [2.24, 2.45) is 5.92 Å². The minimum atomic E-state index is -4.72. The minimum absolute atomic E-state index is 0.0555. The van der Waals surface area contributed by atoms with Gasteiger partial charge in [-0.3, -0.25) is 9.78 Å². The van der Waals surface area contributed by atoms with Crippen LogP contribution >= 0.6 is 0 Å². The van der Waals surface area contributed by atoms with Crippen molar-refractivity contribution in [1.29, 1.82) is 0 Å². The highest BCUT2D eigenvalue weighted by Gasteiger charge is 2.48. The number of anilines is 1. The molecule has 0 spiro atoms. The average molecular weight is 505 g/mol. The zero-order valence-corrected chi connectivity index (χ0v) is 20.5. The standard InChI is InChI=1S/C26H31F3N4O3/c1-25(2)19-7-5-4-6-15(19)13-21(25)31-18-10-11-20(30-14-18)22(26(27,28)29)33(3)23(34)16-8-9-17(12-16)32-24(35)36/h4-7,10-11,14,16-17,21-22,31-32H,8-9,12-13H2,1-3H3,(H,35,36)/t16-,17+,21-,22-/m0/s1. The zero-order chi connectivity index (χ0) is 26.3. The van der Waals surface area contributed by atoms with Gasteiger partial charge in [0.1, 0.15) is 0 Å². The highest BCUT2D eigenvalue weighted by atomic mass is 19.4. The van der Waals surface area contributed by atoms with Crippen LogP contribution in [0.2, 0.25) is 0 Å². The Labute approximate surface area is 208 Å². The molecular formula is C26H31F3N4O3.